The summed E-state index contributed by atoms with van der Waals surface area (Å²) in [6, 6.07) is 5.73. The Morgan fingerprint density at radius 1 is 1.14 bits per heavy atom. The van der Waals surface area contributed by atoms with Gasteiger partial charge in [-0.1, -0.05) is 0 Å². The molecule has 14 heteroatoms. The molecule has 44 heavy (non-hydrogen) atoms. The smallest absolute Gasteiger partial charge is 0.421 e. The zero-order valence-corrected chi connectivity index (χ0v) is 23.3. The lowest BCUT2D eigenvalue weighted by Gasteiger charge is -2.35. The first-order chi connectivity index (χ1) is 20.9. The second kappa shape index (κ2) is 11.4. The van der Waals surface area contributed by atoms with Crippen LogP contribution in [-0.4, -0.2) is 49.8 Å². The lowest BCUT2D eigenvalue weighted by atomic mass is 9.97. The predicted molar refractivity (Wildman–Crippen MR) is 143 cm³/mol. The van der Waals surface area contributed by atoms with Gasteiger partial charge in [-0.05, 0) is 55.7 Å². The summed E-state index contributed by atoms with van der Waals surface area (Å²) < 4.78 is 97.3. The number of pyridine rings is 1. The van der Waals surface area contributed by atoms with Gasteiger partial charge in [0.15, 0.2) is 5.82 Å². The molecule has 2 aliphatic rings. The molecule has 8 nitrogen and oxygen atoms in total. The number of carboxylic acids is 1. The zero-order valence-electron chi connectivity index (χ0n) is 23.3. The predicted octanol–water partition coefficient (Wildman–Crippen LogP) is 6.05. The average molecular weight is 621 g/mol. The highest BCUT2D eigenvalue weighted by atomic mass is 19.4. The minimum absolute atomic E-state index is 0.0390. The number of nitrogens with zero attached hydrogens (tertiary/aromatic N) is 4. The van der Waals surface area contributed by atoms with Crippen LogP contribution in [0.25, 0.3) is 11.0 Å². The molecule has 1 saturated heterocycles. The van der Waals surface area contributed by atoms with Gasteiger partial charge in [-0.15, -0.1) is 0 Å². The first-order valence-electron chi connectivity index (χ1n) is 13.8. The van der Waals surface area contributed by atoms with Crippen molar-refractivity contribution in [3.63, 3.8) is 0 Å². The van der Waals surface area contributed by atoms with Crippen LogP contribution in [0.5, 0.6) is 5.88 Å². The fourth-order valence-electron chi connectivity index (χ4n) is 5.58. The first-order valence-corrected chi connectivity index (χ1v) is 13.8. The van der Waals surface area contributed by atoms with Crippen molar-refractivity contribution in [2.75, 3.05) is 13.2 Å². The van der Waals surface area contributed by atoms with Gasteiger partial charge in [-0.25, -0.2) is 27.9 Å². The molecular weight excluding hydrogens is 594 g/mol. The second-order valence-electron chi connectivity index (χ2n) is 10.8. The number of ether oxygens (including phenoxy) is 2. The van der Waals surface area contributed by atoms with E-state index >= 15 is 4.39 Å². The first kappa shape index (κ1) is 29.9. The second-order valence-corrected chi connectivity index (χ2v) is 10.8. The monoisotopic (exact) mass is 620 g/mol. The normalized spacial score (nSPS) is 18.7. The maximum absolute atomic E-state index is 15.4. The molecule has 2 aromatic heterocycles. The van der Waals surface area contributed by atoms with Gasteiger partial charge in [0.05, 0.1) is 42.0 Å². The largest absolute Gasteiger partial charge is 0.478 e. The highest BCUT2D eigenvalue weighted by Gasteiger charge is 2.39. The Morgan fingerprint density at radius 2 is 1.91 bits per heavy atom. The molecule has 232 valence electrons. The minimum atomic E-state index is -4.80. The van der Waals surface area contributed by atoms with Gasteiger partial charge < -0.3 is 19.1 Å². The number of benzene rings is 2. The van der Waals surface area contributed by atoms with Crippen molar-refractivity contribution in [1.29, 1.82) is 0 Å². The van der Waals surface area contributed by atoms with E-state index in [1.54, 1.807) is 11.5 Å². The third-order valence-corrected chi connectivity index (χ3v) is 8.08. The van der Waals surface area contributed by atoms with E-state index in [1.807, 2.05) is 4.90 Å². The highest BCUT2D eigenvalue weighted by Crippen LogP contribution is 2.40. The van der Waals surface area contributed by atoms with Crippen molar-refractivity contribution in [3.8, 4) is 5.88 Å². The summed E-state index contributed by atoms with van der Waals surface area (Å²) in [4.78, 5) is 22.3. The topological polar surface area (TPSA) is 89.7 Å². The number of halogens is 6. The van der Waals surface area contributed by atoms with Crippen LogP contribution >= 0.6 is 0 Å². The molecule has 0 bridgehead atoms. The fourth-order valence-corrected chi connectivity index (χ4v) is 5.58. The van der Waals surface area contributed by atoms with Crippen LogP contribution < -0.4 is 4.74 Å². The van der Waals surface area contributed by atoms with E-state index in [0.717, 1.165) is 30.7 Å². The number of alkyl halides is 3. The molecule has 0 radical (unpaired) electrons. The minimum Gasteiger partial charge on any atom is -0.478 e. The van der Waals surface area contributed by atoms with Gasteiger partial charge in [-0.3, -0.25) is 4.90 Å². The molecule has 0 spiro atoms. The third kappa shape index (κ3) is 5.59. The van der Waals surface area contributed by atoms with E-state index in [9.17, 15) is 31.9 Å². The molecule has 2 atom stereocenters. The van der Waals surface area contributed by atoms with Gasteiger partial charge in [0.2, 0.25) is 5.88 Å². The van der Waals surface area contributed by atoms with Crippen LogP contribution in [0.3, 0.4) is 0 Å². The highest BCUT2D eigenvalue weighted by molar-refractivity contribution is 5.93. The number of hydrogen-bond acceptors (Lipinski definition) is 6. The van der Waals surface area contributed by atoms with Crippen molar-refractivity contribution < 1.29 is 45.7 Å². The lowest BCUT2D eigenvalue weighted by molar-refractivity contribution is -0.139. The van der Waals surface area contributed by atoms with E-state index in [2.05, 4.69) is 9.97 Å². The summed E-state index contributed by atoms with van der Waals surface area (Å²) in [6.45, 7) is 2.45. The van der Waals surface area contributed by atoms with Crippen molar-refractivity contribution in [1.82, 2.24) is 19.4 Å². The number of aromatic carboxylic acids is 1. The molecule has 1 N–H and O–H groups in total. The summed E-state index contributed by atoms with van der Waals surface area (Å²) in [5.41, 5.74) is -0.732. The van der Waals surface area contributed by atoms with Gasteiger partial charge in [0.1, 0.15) is 35.1 Å². The molecule has 0 aliphatic carbocycles. The van der Waals surface area contributed by atoms with Crippen LogP contribution in [0.1, 0.15) is 58.0 Å². The molecule has 1 fully saturated rings. The molecule has 2 aromatic carbocycles. The van der Waals surface area contributed by atoms with Crippen molar-refractivity contribution in [2.45, 2.75) is 57.8 Å². The maximum atomic E-state index is 15.4. The van der Waals surface area contributed by atoms with E-state index in [1.165, 1.54) is 6.07 Å². The maximum Gasteiger partial charge on any atom is 0.421 e. The van der Waals surface area contributed by atoms with Crippen molar-refractivity contribution in [2.24, 2.45) is 0 Å². The molecule has 4 aromatic rings. The number of fused-ring (bicyclic) bond motifs is 2. The summed E-state index contributed by atoms with van der Waals surface area (Å²) in [5.74, 6) is -4.41. The van der Waals surface area contributed by atoms with Gasteiger partial charge in [0.25, 0.3) is 0 Å². The van der Waals surface area contributed by atoms with E-state index < -0.39 is 59.3 Å². The molecule has 2 aliphatic heterocycles. The fraction of sp³-hybridized carbons (Fsp3) is 0.367. The standard InChI is InChI=1S/C30H26F6N4O4/c1-15-26-16(10-21(30(34,35)36)28(38-26)44-14-17-2-3-18(31)11-22(17)32)6-8-39(15)13-24-37-23-5-4-20(29(41)42)25(33)27(23)40(24)12-19-7-9-43-19/h2-5,10-11,15,19H,6-9,12-14H2,1H3,(H,41,42)/t15-,19-/m0/s1. The Labute approximate surface area is 246 Å². The molecule has 4 heterocycles. The molecular formula is C30H26F6N4O4. The number of imidazole rings is 1. The summed E-state index contributed by atoms with van der Waals surface area (Å²) in [5, 5.41) is 9.45. The Hall–Kier alpha value is -4.17. The van der Waals surface area contributed by atoms with Crippen LogP contribution in [0.2, 0.25) is 0 Å². The number of carboxylic acid groups (broad SMARTS) is 1. The van der Waals surface area contributed by atoms with Crippen LogP contribution in [-0.2, 0) is 37.0 Å². The van der Waals surface area contributed by atoms with Crippen LogP contribution in [0.4, 0.5) is 26.3 Å². The Kier molecular flexibility index (Phi) is 7.74. The van der Waals surface area contributed by atoms with Crippen LogP contribution in [0.15, 0.2) is 36.4 Å². The summed E-state index contributed by atoms with van der Waals surface area (Å²) in [6.07, 6.45) is -4.05. The van der Waals surface area contributed by atoms with E-state index in [4.69, 9.17) is 9.47 Å². The zero-order chi connectivity index (χ0) is 31.3. The number of aromatic nitrogens is 3. The van der Waals surface area contributed by atoms with Gasteiger partial charge >= 0.3 is 12.1 Å². The van der Waals surface area contributed by atoms with Crippen molar-refractivity contribution in [3.05, 3.63) is 87.6 Å². The van der Waals surface area contributed by atoms with Gasteiger partial charge in [0, 0.05) is 24.8 Å². The van der Waals surface area contributed by atoms with E-state index in [0.29, 0.717) is 36.3 Å². The Morgan fingerprint density at radius 3 is 2.57 bits per heavy atom. The van der Waals surface area contributed by atoms with E-state index in [-0.39, 0.29) is 42.2 Å². The summed E-state index contributed by atoms with van der Waals surface area (Å²) in [7, 11) is 0. The molecule has 0 amide bonds. The van der Waals surface area contributed by atoms with Crippen molar-refractivity contribution >= 4 is 17.0 Å². The molecule has 0 unspecified atom stereocenters. The molecule has 6 rings (SSSR count). The molecule has 0 saturated carbocycles. The average Bonchev–Trinajstić information content (AvgIpc) is 3.28. The van der Waals surface area contributed by atoms with Gasteiger partial charge in [-0.2, -0.15) is 13.2 Å². The lowest BCUT2D eigenvalue weighted by Crippen LogP contribution is -2.36. The number of rotatable bonds is 8. The quantitative estimate of drug-likeness (QED) is 0.240. The Balaban J connectivity index is 1.32. The summed E-state index contributed by atoms with van der Waals surface area (Å²) >= 11 is 0. The number of carbonyl (C=O) groups is 1. The van der Waals surface area contributed by atoms with Crippen LogP contribution in [0, 0.1) is 17.5 Å². The third-order valence-electron chi connectivity index (χ3n) is 8.08. The SMILES string of the molecule is C[C@H]1c2nc(OCc3ccc(F)cc3F)c(C(F)(F)F)cc2CCN1Cc1nc2ccc(C(=O)O)c(F)c2n1C[C@@H]1CCO1. The number of hydrogen-bond donors (Lipinski definition) is 1. The Bertz CT molecular complexity index is 1750.